The molecule has 0 aliphatic rings. The zero-order chi connectivity index (χ0) is 18.5. The normalized spacial score (nSPS) is 10.7. The fraction of sp³-hybridized carbons (Fsp3) is 0.235. The largest absolute Gasteiger partial charge is 0.351 e. The van der Waals surface area contributed by atoms with E-state index in [4.69, 9.17) is 0 Å². The van der Waals surface area contributed by atoms with Crippen LogP contribution in [0.5, 0.6) is 0 Å². The molecular formula is C17H16N4O3S2. The fourth-order valence-corrected chi connectivity index (χ4v) is 4.13. The molecule has 0 unspecified atom stereocenters. The van der Waals surface area contributed by atoms with Crippen molar-refractivity contribution in [2.75, 3.05) is 6.54 Å². The van der Waals surface area contributed by atoms with Gasteiger partial charge in [0.15, 0.2) is 0 Å². The molecule has 1 N–H and O–H groups in total. The number of thiophene rings is 1. The molecule has 7 nitrogen and oxygen atoms in total. The summed E-state index contributed by atoms with van der Waals surface area (Å²) in [6.45, 7) is 2.14. The number of hydrogen-bond acceptors (Lipinski definition) is 7. The van der Waals surface area contributed by atoms with Gasteiger partial charge < -0.3 is 5.32 Å². The number of nitro groups is 1. The number of thiazole rings is 1. The van der Waals surface area contributed by atoms with Crippen LogP contribution >= 0.6 is 22.7 Å². The maximum atomic E-state index is 12.1. The number of nitrogens with zero attached hydrogens (tertiary/aromatic N) is 3. The van der Waals surface area contributed by atoms with Gasteiger partial charge in [0.25, 0.3) is 11.6 Å². The molecule has 0 radical (unpaired) electrons. The monoisotopic (exact) mass is 388 g/mol. The van der Waals surface area contributed by atoms with Crippen LogP contribution < -0.4 is 5.32 Å². The van der Waals surface area contributed by atoms with E-state index in [0.29, 0.717) is 16.3 Å². The van der Waals surface area contributed by atoms with Gasteiger partial charge in [0, 0.05) is 42.4 Å². The van der Waals surface area contributed by atoms with Gasteiger partial charge in [-0.25, -0.2) is 4.98 Å². The molecule has 0 aromatic carbocycles. The number of amides is 1. The van der Waals surface area contributed by atoms with E-state index in [9.17, 15) is 14.9 Å². The SMILES string of the molecule is Cc1sc(C(=O)NCCCc2nc(-c3ccncc3)cs2)cc1[N+](=O)[O-]. The molecule has 0 fully saturated rings. The lowest BCUT2D eigenvalue weighted by Crippen LogP contribution is -2.23. The lowest BCUT2D eigenvalue weighted by Gasteiger charge is -2.02. The second-order valence-electron chi connectivity index (χ2n) is 5.53. The van der Waals surface area contributed by atoms with Gasteiger partial charge in [-0.15, -0.1) is 22.7 Å². The molecule has 0 saturated carbocycles. The molecule has 0 aliphatic carbocycles. The highest BCUT2D eigenvalue weighted by molar-refractivity contribution is 7.14. The Balaban J connectivity index is 1.48. The Hall–Kier alpha value is -2.65. The quantitative estimate of drug-likeness (QED) is 0.377. The number of carbonyl (C=O) groups excluding carboxylic acids is 1. The fourth-order valence-electron chi connectivity index (χ4n) is 2.38. The average molecular weight is 388 g/mol. The van der Waals surface area contributed by atoms with Crippen molar-refractivity contribution in [1.82, 2.24) is 15.3 Å². The van der Waals surface area contributed by atoms with E-state index >= 15 is 0 Å². The third-order valence-corrected chi connectivity index (χ3v) is 5.64. The minimum atomic E-state index is -0.467. The van der Waals surface area contributed by atoms with E-state index in [1.807, 2.05) is 17.5 Å². The number of rotatable bonds is 7. The minimum absolute atomic E-state index is 0.00780. The Kier molecular flexibility index (Phi) is 5.69. The highest BCUT2D eigenvalue weighted by Crippen LogP contribution is 2.28. The van der Waals surface area contributed by atoms with Crippen LogP contribution in [0.1, 0.15) is 26.0 Å². The molecule has 0 bridgehead atoms. The first-order valence-corrected chi connectivity index (χ1v) is 9.62. The topological polar surface area (TPSA) is 98.0 Å². The predicted molar refractivity (Wildman–Crippen MR) is 102 cm³/mol. The standard InChI is InChI=1S/C17H16N4O3S2/c1-11-14(21(23)24)9-15(26-11)17(22)19-6-2-3-16-20-13(10-25-16)12-4-7-18-8-5-12/h4-5,7-10H,2-3,6H2,1H3,(H,19,22). The van der Waals surface area contributed by atoms with Gasteiger partial charge in [0.1, 0.15) is 0 Å². The van der Waals surface area contributed by atoms with E-state index < -0.39 is 4.92 Å². The van der Waals surface area contributed by atoms with Crippen molar-refractivity contribution in [3.8, 4) is 11.3 Å². The van der Waals surface area contributed by atoms with Crippen LogP contribution in [0.4, 0.5) is 5.69 Å². The third-order valence-electron chi connectivity index (χ3n) is 3.69. The zero-order valence-electron chi connectivity index (χ0n) is 14.0. The highest BCUT2D eigenvalue weighted by atomic mass is 32.1. The first-order chi connectivity index (χ1) is 12.5. The van der Waals surface area contributed by atoms with Crippen LogP contribution in [0.2, 0.25) is 0 Å². The van der Waals surface area contributed by atoms with Gasteiger partial charge >= 0.3 is 0 Å². The van der Waals surface area contributed by atoms with E-state index in [-0.39, 0.29) is 11.6 Å². The number of nitrogens with one attached hydrogen (secondary N) is 1. The first kappa shape index (κ1) is 18.2. The van der Waals surface area contributed by atoms with Gasteiger partial charge in [-0.2, -0.15) is 0 Å². The van der Waals surface area contributed by atoms with Crippen LogP contribution in [-0.2, 0) is 6.42 Å². The van der Waals surface area contributed by atoms with Gasteiger partial charge in [-0.1, -0.05) is 0 Å². The Bertz CT molecular complexity index is 921. The molecule has 9 heteroatoms. The number of hydrogen-bond donors (Lipinski definition) is 1. The van der Waals surface area contributed by atoms with Crippen molar-refractivity contribution < 1.29 is 9.72 Å². The summed E-state index contributed by atoms with van der Waals surface area (Å²) in [6, 6.07) is 5.17. The Morgan fingerprint density at radius 2 is 2.12 bits per heavy atom. The number of aromatic nitrogens is 2. The van der Waals surface area contributed by atoms with Gasteiger partial charge in [0.2, 0.25) is 0 Å². The van der Waals surface area contributed by atoms with Crippen LogP contribution in [0.25, 0.3) is 11.3 Å². The van der Waals surface area contributed by atoms with Crippen molar-refractivity contribution in [3.05, 3.63) is 60.8 Å². The van der Waals surface area contributed by atoms with Crippen molar-refractivity contribution in [3.63, 3.8) is 0 Å². The summed E-state index contributed by atoms with van der Waals surface area (Å²) in [4.78, 5) is 32.0. The molecule has 3 rings (SSSR count). The molecule has 0 saturated heterocycles. The second kappa shape index (κ2) is 8.15. The Morgan fingerprint density at radius 1 is 1.35 bits per heavy atom. The van der Waals surface area contributed by atoms with Gasteiger partial charge in [-0.3, -0.25) is 19.9 Å². The lowest BCUT2D eigenvalue weighted by atomic mass is 10.2. The van der Waals surface area contributed by atoms with Crippen LogP contribution in [0.3, 0.4) is 0 Å². The van der Waals surface area contributed by atoms with E-state index in [1.165, 1.54) is 6.07 Å². The first-order valence-electron chi connectivity index (χ1n) is 7.92. The van der Waals surface area contributed by atoms with Crippen molar-refractivity contribution >= 4 is 34.3 Å². The van der Waals surface area contributed by atoms with Crippen molar-refractivity contribution in [2.45, 2.75) is 19.8 Å². The van der Waals surface area contributed by atoms with Crippen LogP contribution in [0, 0.1) is 17.0 Å². The smallest absolute Gasteiger partial charge is 0.283 e. The average Bonchev–Trinajstić information content (AvgIpc) is 3.26. The summed E-state index contributed by atoms with van der Waals surface area (Å²) >= 11 is 2.73. The molecule has 3 heterocycles. The maximum Gasteiger partial charge on any atom is 0.283 e. The lowest BCUT2D eigenvalue weighted by molar-refractivity contribution is -0.385. The summed E-state index contributed by atoms with van der Waals surface area (Å²) in [5.74, 6) is -0.275. The number of carbonyl (C=O) groups is 1. The van der Waals surface area contributed by atoms with E-state index in [1.54, 1.807) is 30.7 Å². The number of aryl methyl sites for hydroxylation is 2. The number of pyridine rings is 1. The summed E-state index contributed by atoms with van der Waals surface area (Å²) < 4.78 is 0. The summed E-state index contributed by atoms with van der Waals surface area (Å²) in [5.41, 5.74) is 1.95. The molecule has 3 aromatic rings. The van der Waals surface area contributed by atoms with Crippen molar-refractivity contribution in [2.24, 2.45) is 0 Å². The molecular weight excluding hydrogens is 372 g/mol. The molecule has 26 heavy (non-hydrogen) atoms. The van der Waals surface area contributed by atoms with Crippen molar-refractivity contribution in [1.29, 1.82) is 0 Å². The summed E-state index contributed by atoms with van der Waals surface area (Å²) in [5, 5.41) is 16.7. The third kappa shape index (κ3) is 4.30. The molecule has 1 amide bonds. The Labute approximate surface area is 157 Å². The molecule has 0 atom stereocenters. The minimum Gasteiger partial charge on any atom is -0.351 e. The molecule has 0 spiro atoms. The van der Waals surface area contributed by atoms with Gasteiger partial charge in [-0.05, 0) is 25.5 Å². The summed E-state index contributed by atoms with van der Waals surface area (Å²) in [6.07, 6.45) is 4.99. The predicted octanol–water partition coefficient (Wildman–Crippen LogP) is 3.85. The van der Waals surface area contributed by atoms with E-state index in [0.717, 1.165) is 40.4 Å². The molecule has 0 aliphatic heterocycles. The Morgan fingerprint density at radius 3 is 2.81 bits per heavy atom. The maximum absolute atomic E-state index is 12.1. The van der Waals surface area contributed by atoms with Crippen LogP contribution in [-0.4, -0.2) is 27.3 Å². The zero-order valence-corrected chi connectivity index (χ0v) is 15.6. The second-order valence-corrected chi connectivity index (χ2v) is 7.73. The molecule has 134 valence electrons. The molecule has 3 aromatic heterocycles. The highest BCUT2D eigenvalue weighted by Gasteiger charge is 2.19. The summed E-state index contributed by atoms with van der Waals surface area (Å²) in [7, 11) is 0. The van der Waals surface area contributed by atoms with Crippen LogP contribution in [0.15, 0.2) is 36.0 Å². The van der Waals surface area contributed by atoms with Gasteiger partial charge in [0.05, 0.1) is 25.4 Å². The van der Waals surface area contributed by atoms with E-state index in [2.05, 4.69) is 15.3 Å².